The van der Waals surface area contributed by atoms with Crippen molar-refractivity contribution < 1.29 is 0 Å². The summed E-state index contributed by atoms with van der Waals surface area (Å²) in [5.41, 5.74) is 7.86. The van der Waals surface area contributed by atoms with Crippen LogP contribution in [0, 0.1) is 5.92 Å². The topological polar surface area (TPSA) is 38.4 Å². The zero-order valence-electron chi connectivity index (χ0n) is 7.68. The van der Waals surface area contributed by atoms with Crippen molar-refractivity contribution in [1.29, 1.82) is 0 Å². The molecule has 1 aliphatic rings. The van der Waals surface area contributed by atoms with Crippen LogP contribution in [0.15, 0.2) is 16.3 Å². The normalized spacial score (nSPS) is 21.9. The fourth-order valence-electron chi connectivity index (χ4n) is 1.18. The number of hydrogen-bond donors (Lipinski definition) is 1. The lowest BCUT2D eigenvalue weighted by Gasteiger charge is -2.17. The highest BCUT2D eigenvalue weighted by Crippen LogP contribution is 2.27. The van der Waals surface area contributed by atoms with Crippen molar-refractivity contribution in [2.24, 2.45) is 16.6 Å². The Balaban J connectivity index is 3.00. The van der Waals surface area contributed by atoms with Gasteiger partial charge >= 0.3 is 0 Å². The smallest absolute Gasteiger partial charge is 0.0945 e. The van der Waals surface area contributed by atoms with Gasteiger partial charge in [-0.2, -0.15) is 0 Å². The third kappa shape index (κ3) is 1.30. The van der Waals surface area contributed by atoms with Crippen LogP contribution in [-0.2, 0) is 0 Å². The lowest BCUT2D eigenvalue weighted by molar-refractivity contribution is 0.612. The monoisotopic (exact) mass is 152 g/mol. The molecule has 0 saturated carbocycles. The summed E-state index contributed by atoms with van der Waals surface area (Å²) in [5.74, 6) is 0.487. The lowest BCUT2D eigenvalue weighted by Crippen LogP contribution is -2.24. The molecule has 0 radical (unpaired) electrons. The minimum Gasteiger partial charge on any atom is -0.400 e. The number of nitrogens with two attached hydrogens (primary N) is 1. The second-order valence-electron chi connectivity index (χ2n) is 3.84. The van der Waals surface area contributed by atoms with E-state index in [0.717, 1.165) is 5.70 Å². The molecule has 11 heavy (non-hydrogen) atoms. The number of aliphatic imine (C=N–C) groups is 1. The van der Waals surface area contributed by atoms with Crippen molar-refractivity contribution in [3.05, 3.63) is 11.3 Å². The zero-order valence-corrected chi connectivity index (χ0v) is 7.68. The molecule has 1 aliphatic heterocycles. The first-order chi connectivity index (χ1) is 4.95. The molecule has 1 heterocycles. The standard InChI is InChI=1S/C9H16N2/c1-6(2)7-5-11-9(3,4)8(7)10/h5-6H,10H2,1-4H3. The SMILES string of the molecule is CC(C)C1=C(N)C(C)(C)N=C1. The quantitative estimate of drug-likeness (QED) is 0.610. The van der Waals surface area contributed by atoms with Crippen molar-refractivity contribution in [2.45, 2.75) is 33.2 Å². The Morgan fingerprint density at radius 1 is 1.45 bits per heavy atom. The van der Waals surface area contributed by atoms with Crippen molar-refractivity contribution >= 4 is 6.21 Å². The van der Waals surface area contributed by atoms with Gasteiger partial charge in [0.15, 0.2) is 0 Å². The van der Waals surface area contributed by atoms with Crippen LogP contribution in [0.2, 0.25) is 0 Å². The average molecular weight is 152 g/mol. The van der Waals surface area contributed by atoms with Gasteiger partial charge in [0.2, 0.25) is 0 Å². The van der Waals surface area contributed by atoms with Gasteiger partial charge in [0.05, 0.1) is 5.54 Å². The van der Waals surface area contributed by atoms with Crippen LogP contribution >= 0.6 is 0 Å². The number of rotatable bonds is 1. The van der Waals surface area contributed by atoms with Crippen LogP contribution in [0.3, 0.4) is 0 Å². The van der Waals surface area contributed by atoms with Crippen molar-refractivity contribution in [3.63, 3.8) is 0 Å². The van der Waals surface area contributed by atoms with E-state index in [2.05, 4.69) is 18.8 Å². The first-order valence-corrected chi connectivity index (χ1v) is 4.00. The molecular formula is C9H16N2. The summed E-state index contributed by atoms with van der Waals surface area (Å²) in [6, 6.07) is 0. The van der Waals surface area contributed by atoms with Crippen LogP contribution in [0.1, 0.15) is 27.7 Å². The fourth-order valence-corrected chi connectivity index (χ4v) is 1.18. The van der Waals surface area contributed by atoms with Crippen LogP contribution in [0.25, 0.3) is 0 Å². The predicted molar refractivity (Wildman–Crippen MR) is 48.6 cm³/mol. The average Bonchev–Trinajstić information content (AvgIpc) is 2.09. The van der Waals surface area contributed by atoms with Crippen molar-refractivity contribution in [2.75, 3.05) is 0 Å². The van der Waals surface area contributed by atoms with Gasteiger partial charge in [0.25, 0.3) is 0 Å². The summed E-state index contributed by atoms with van der Waals surface area (Å²) < 4.78 is 0. The van der Waals surface area contributed by atoms with E-state index in [9.17, 15) is 0 Å². The summed E-state index contributed by atoms with van der Waals surface area (Å²) in [6.45, 7) is 8.34. The van der Waals surface area contributed by atoms with Gasteiger partial charge in [-0.15, -0.1) is 0 Å². The first-order valence-electron chi connectivity index (χ1n) is 4.00. The second kappa shape index (κ2) is 2.36. The minimum absolute atomic E-state index is 0.167. The Bertz CT molecular complexity index is 222. The van der Waals surface area contributed by atoms with E-state index in [1.165, 1.54) is 5.57 Å². The predicted octanol–water partition coefficient (Wildman–Crippen LogP) is 1.72. The molecule has 1 rings (SSSR count). The van der Waals surface area contributed by atoms with E-state index in [-0.39, 0.29) is 5.54 Å². The molecule has 0 spiro atoms. The zero-order chi connectivity index (χ0) is 8.65. The molecule has 0 fully saturated rings. The van der Waals surface area contributed by atoms with Gasteiger partial charge in [-0.05, 0) is 25.3 Å². The third-order valence-corrected chi connectivity index (χ3v) is 2.12. The molecule has 2 N–H and O–H groups in total. The second-order valence-corrected chi connectivity index (χ2v) is 3.84. The van der Waals surface area contributed by atoms with Crippen LogP contribution in [0.5, 0.6) is 0 Å². The maximum absolute atomic E-state index is 5.91. The van der Waals surface area contributed by atoms with E-state index in [1.807, 2.05) is 20.1 Å². The van der Waals surface area contributed by atoms with E-state index in [0.29, 0.717) is 5.92 Å². The fraction of sp³-hybridized carbons (Fsp3) is 0.667. The van der Waals surface area contributed by atoms with Crippen molar-refractivity contribution in [1.82, 2.24) is 0 Å². The Kier molecular flexibility index (Phi) is 1.78. The summed E-state index contributed by atoms with van der Waals surface area (Å²) >= 11 is 0. The maximum atomic E-state index is 5.91. The highest BCUT2D eigenvalue weighted by Gasteiger charge is 2.27. The number of nitrogens with zero attached hydrogens (tertiary/aromatic N) is 1. The molecule has 0 saturated heterocycles. The molecule has 0 bridgehead atoms. The molecule has 62 valence electrons. The van der Waals surface area contributed by atoms with E-state index in [1.54, 1.807) is 0 Å². The molecule has 2 nitrogen and oxygen atoms in total. The molecular weight excluding hydrogens is 136 g/mol. The molecule has 0 aromatic heterocycles. The molecule has 0 aliphatic carbocycles. The van der Waals surface area contributed by atoms with Crippen LogP contribution in [0.4, 0.5) is 0 Å². The van der Waals surface area contributed by atoms with Crippen LogP contribution in [-0.4, -0.2) is 11.8 Å². The molecule has 0 unspecified atom stereocenters. The summed E-state index contributed by atoms with van der Waals surface area (Å²) in [7, 11) is 0. The Hall–Kier alpha value is -0.790. The summed E-state index contributed by atoms with van der Waals surface area (Å²) in [5, 5.41) is 0. The molecule has 2 heteroatoms. The highest BCUT2D eigenvalue weighted by atomic mass is 14.9. The van der Waals surface area contributed by atoms with Crippen molar-refractivity contribution in [3.8, 4) is 0 Å². The van der Waals surface area contributed by atoms with Gasteiger partial charge < -0.3 is 5.73 Å². The van der Waals surface area contributed by atoms with Gasteiger partial charge in [0, 0.05) is 11.9 Å². The van der Waals surface area contributed by atoms with E-state index in [4.69, 9.17) is 5.73 Å². The van der Waals surface area contributed by atoms with E-state index < -0.39 is 0 Å². The molecule has 0 amide bonds. The summed E-state index contributed by atoms with van der Waals surface area (Å²) in [4.78, 5) is 4.33. The van der Waals surface area contributed by atoms with Gasteiger partial charge in [0.1, 0.15) is 0 Å². The minimum atomic E-state index is -0.167. The lowest BCUT2D eigenvalue weighted by atomic mass is 9.96. The Morgan fingerprint density at radius 3 is 2.18 bits per heavy atom. The molecule has 0 aromatic rings. The molecule has 0 atom stereocenters. The molecule has 0 aromatic carbocycles. The Morgan fingerprint density at radius 2 is 2.00 bits per heavy atom. The maximum Gasteiger partial charge on any atom is 0.0945 e. The van der Waals surface area contributed by atoms with Gasteiger partial charge in [-0.3, -0.25) is 4.99 Å². The third-order valence-electron chi connectivity index (χ3n) is 2.12. The number of allylic oxidation sites excluding steroid dienone is 1. The van der Waals surface area contributed by atoms with Gasteiger partial charge in [-0.1, -0.05) is 13.8 Å². The van der Waals surface area contributed by atoms with Crippen LogP contribution < -0.4 is 5.73 Å². The van der Waals surface area contributed by atoms with E-state index >= 15 is 0 Å². The first kappa shape index (κ1) is 8.31. The highest BCUT2D eigenvalue weighted by molar-refractivity contribution is 5.84. The summed E-state index contributed by atoms with van der Waals surface area (Å²) in [6.07, 6.45) is 1.90. The van der Waals surface area contributed by atoms with Gasteiger partial charge in [-0.25, -0.2) is 0 Å². The largest absolute Gasteiger partial charge is 0.400 e. The number of hydrogen-bond acceptors (Lipinski definition) is 2. The Labute approximate surface area is 68.2 Å².